The maximum atomic E-state index is 13.5. The third kappa shape index (κ3) is 2.14. The van der Waals surface area contributed by atoms with E-state index in [-0.39, 0.29) is 15.2 Å². The topological polar surface area (TPSA) is 89.2 Å². The van der Waals surface area contributed by atoms with Crippen molar-refractivity contribution in [1.29, 1.82) is 0 Å². The number of nitrogen functional groups attached to an aromatic ring is 1. The highest BCUT2D eigenvalue weighted by atomic mass is 32.2. The predicted octanol–water partition coefficient (Wildman–Crippen LogP) is 1.08. The molecule has 6 nitrogen and oxygen atoms in total. The molecule has 0 bridgehead atoms. The van der Waals surface area contributed by atoms with Crippen LogP contribution in [0, 0.1) is 5.82 Å². The largest absolute Gasteiger partial charge is 0.374 e. The van der Waals surface area contributed by atoms with Crippen LogP contribution in [0.3, 0.4) is 0 Å². The van der Waals surface area contributed by atoms with E-state index in [0.29, 0.717) is 0 Å². The van der Waals surface area contributed by atoms with Crippen LogP contribution in [0.4, 0.5) is 15.2 Å². The van der Waals surface area contributed by atoms with Crippen molar-refractivity contribution < 1.29 is 12.8 Å². The Morgan fingerprint density at radius 2 is 2.00 bits per heavy atom. The first kappa shape index (κ1) is 12.7. The van der Waals surface area contributed by atoms with Gasteiger partial charge < -0.3 is 5.73 Å². The second-order valence-electron chi connectivity index (χ2n) is 3.33. The SMILES string of the molecule is CN(c1ccccc1F)S(=O)(=O)c1nnc(N)s1. The van der Waals surface area contributed by atoms with E-state index < -0.39 is 15.8 Å². The number of para-hydroxylation sites is 1. The van der Waals surface area contributed by atoms with Crippen LogP contribution in [0.15, 0.2) is 28.6 Å². The molecule has 0 amide bonds. The standard InChI is InChI=1S/C9H9FN4O2S2/c1-14(7-5-3-2-4-6(7)10)18(15,16)9-13-12-8(11)17-9/h2-5H,1H3,(H2,11,12). The van der Waals surface area contributed by atoms with Gasteiger partial charge in [0.05, 0.1) is 5.69 Å². The van der Waals surface area contributed by atoms with Gasteiger partial charge in [0.1, 0.15) is 5.82 Å². The summed E-state index contributed by atoms with van der Waals surface area (Å²) >= 11 is 0.727. The molecule has 1 aromatic carbocycles. The van der Waals surface area contributed by atoms with Crippen LogP contribution in [0.25, 0.3) is 0 Å². The van der Waals surface area contributed by atoms with Gasteiger partial charge in [0.15, 0.2) is 0 Å². The Balaban J connectivity index is 2.46. The normalized spacial score (nSPS) is 11.4. The van der Waals surface area contributed by atoms with Crippen molar-refractivity contribution in [2.45, 2.75) is 4.34 Å². The van der Waals surface area contributed by atoms with Crippen LogP contribution in [-0.4, -0.2) is 25.7 Å². The fourth-order valence-corrected chi connectivity index (χ4v) is 3.42. The van der Waals surface area contributed by atoms with Crippen molar-refractivity contribution in [1.82, 2.24) is 10.2 Å². The lowest BCUT2D eigenvalue weighted by Crippen LogP contribution is -2.27. The van der Waals surface area contributed by atoms with Crippen molar-refractivity contribution in [3.05, 3.63) is 30.1 Å². The molecule has 0 atom stereocenters. The van der Waals surface area contributed by atoms with Gasteiger partial charge in [-0.05, 0) is 12.1 Å². The number of rotatable bonds is 3. The highest BCUT2D eigenvalue weighted by Gasteiger charge is 2.27. The van der Waals surface area contributed by atoms with E-state index in [4.69, 9.17) is 5.73 Å². The number of aromatic nitrogens is 2. The molecule has 0 saturated heterocycles. The van der Waals surface area contributed by atoms with E-state index in [2.05, 4.69) is 10.2 Å². The molecule has 0 radical (unpaired) electrons. The van der Waals surface area contributed by atoms with Gasteiger partial charge in [-0.25, -0.2) is 4.39 Å². The quantitative estimate of drug-likeness (QED) is 0.913. The fourth-order valence-electron chi connectivity index (χ4n) is 1.28. The summed E-state index contributed by atoms with van der Waals surface area (Å²) in [4.78, 5) is 0. The molecule has 9 heteroatoms. The van der Waals surface area contributed by atoms with Crippen LogP contribution >= 0.6 is 11.3 Å². The lowest BCUT2D eigenvalue weighted by atomic mass is 10.3. The number of halogens is 1. The predicted molar refractivity (Wildman–Crippen MR) is 66.3 cm³/mol. The Morgan fingerprint density at radius 3 is 2.56 bits per heavy atom. The summed E-state index contributed by atoms with van der Waals surface area (Å²) in [5.41, 5.74) is 5.27. The molecule has 0 saturated carbocycles. The molecule has 0 unspecified atom stereocenters. The Hall–Kier alpha value is -1.74. The summed E-state index contributed by atoms with van der Waals surface area (Å²) in [6.45, 7) is 0. The van der Waals surface area contributed by atoms with E-state index in [1.54, 1.807) is 6.07 Å². The minimum atomic E-state index is -3.94. The van der Waals surface area contributed by atoms with Gasteiger partial charge in [0, 0.05) is 7.05 Å². The monoisotopic (exact) mass is 288 g/mol. The van der Waals surface area contributed by atoms with Crippen molar-refractivity contribution >= 4 is 32.2 Å². The summed E-state index contributed by atoms with van der Waals surface area (Å²) < 4.78 is 38.3. The lowest BCUT2D eigenvalue weighted by molar-refractivity contribution is 0.588. The second-order valence-corrected chi connectivity index (χ2v) is 6.48. The van der Waals surface area contributed by atoms with Crippen molar-refractivity contribution in [2.24, 2.45) is 0 Å². The summed E-state index contributed by atoms with van der Waals surface area (Å²) in [6, 6.07) is 5.55. The van der Waals surface area contributed by atoms with Crippen LogP contribution in [-0.2, 0) is 10.0 Å². The Morgan fingerprint density at radius 1 is 1.33 bits per heavy atom. The molecular formula is C9H9FN4O2S2. The highest BCUT2D eigenvalue weighted by molar-refractivity contribution is 7.94. The zero-order valence-corrected chi connectivity index (χ0v) is 10.9. The molecule has 0 aliphatic rings. The minimum Gasteiger partial charge on any atom is -0.374 e. The van der Waals surface area contributed by atoms with E-state index in [1.165, 1.54) is 25.2 Å². The molecule has 2 N–H and O–H groups in total. The molecule has 2 aromatic rings. The number of sulfonamides is 1. The summed E-state index contributed by atoms with van der Waals surface area (Å²) in [5.74, 6) is -0.638. The van der Waals surface area contributed by atoms with E-state index in [1.807, 2.05) is 0 Å². The molecule has 18 heavy (non-hydrogen) atoms. The summed E-state index contributed by atoms with van der Waals surface area (Å²) in [6.07, 6.45) is 0. The van der Waals surface area contributed by atoms with Crippen LogP contribution in [0.2, 0.25) is 0 Å². The molecule has 1 aromatic heterocycles. The van der Waals surface area contributed by atoms with E-state index >= 15 is 0 Å². The zero-order valence-electron chi connectivity index (χ0n) is 9.24. The van der Waals surface area contributed by atoms with Gasteiger partial charge in [-0.2, -0.15) is 8.42 Å². The molecular weight excluding hydrogens is 279 g/mol. The number of anilines is 2. The van der Waals surface area contributed by atoms with Crippen molar-refractivity contribution in [2.75, 3.05) is 17.1 Å². The first-order chi connectivity index (χ1) is 8.43. The van der Waals surface area contributed by atoms with Gasteiger partial charge in [0.2, 0.25) is 5.13 Å². The summed E-state index contributed by atoms with van der Waals surface area (Å²) in [5, 5.41) is 6.92. The molecule has 0 aliphatic heterocycles. The molecule has 2 rings (SSSR count). The zero-order chi connectivity index (χ0) is 13.3. The van der Waals surface area contributed by atoms with Gasteiger partial charge in [-0.15, -0.1) is 10.2 Å². The average molecular weight is 288 g/mol. The average Bonchev–Trinajstić information content (AvgIpc) is 2.76. The molecule has 0 spiro atoms. The molecule has 0 fully saturated rings. The lowest BCUT2D eigenvalue weighted by Gasteiger charge is -2.17. The van der Waals surface area contributed by atoms with Crippen molar-refractivity contribution in [3.63, 3.8) is 0 Å². The summed E-state index contributed by atoms with van der Waals surface area (Å²) in [7, 11) is -2.69. The van der Waals surface area contributed by atoms with E-state index in [0.717, 1.165) is 15.6 Å². The van der Waals surface area contributed by atoms with Crippen LogP contribution in [0.5, 0.6) is 0 Å². The van der Waals surface area contributed by atoms with Gasteiger partial charge >= 0.3 is 0 Å². The maximum absolute atomic E-state index is 13.5. The molecule has 0 aliphatic carbocycles. The Kier molecular flexibility index (Phi) is 3.18. The number of hydrogen-bond donors (Lipinski definition) is 1. The third-order valence-electron chi connectivity index (χ3n) is 2.19. The van der Waals surface area contributed by atoms with E-state index in [9.17, 15) is 12.8 Å². The first-order valence-corrected chi connectivity index (χ1v) is 7.01. The number of nitrogens with two attached hydrogens (primary N) is 1. The number of hydrogen-bond acceptors (Lipinski definition) is 6. The maximum Gasteiger partial charge on any atom is 0.293 e. The van der Waals surface area contributed by atoms with Crippen LogP contribution in [0.1, 0.15) is 0 Å². The second kappa shape index (κ2) is 4.50. The number of benzene rings is 1. The van der Waals surface area contributed by atoms with Crippen LogP contribution < -0.4 is 10.0 Å². The van der Waals surface area contributed by atoms with Crippen molar-refractivity contribution in [3.8, 4) is 0 Å². The molecule has 96 valence electrons. The third-order valence-corrected chi connectivity index (χ3v) is 5.06. The molecule has 1 heterocycles. The van der Waals surface area contributed by atoms with Gasteiger partial charge in [-0.1, -0.05) is 23.5 Å². The van der Waals surface area contributed by atoms with Gasteiger partial charge in [0.25, 0.3) is 14.4 Å². The minimum absolute atomic E-state index is 0.0375. The number of nitrogens with zero attached hydrogens (tertiary/aromatic N) is 3. The fraction of sp³-hybridized carbons (Fsp3) is 0.111. The Labute approximate surface area is 107 Å². The Bertz CT molecular complexity index is 671. The highest BCUT2D eigenvalue weighted by Crippen LogP contribution is 2.26. The smallest absolute Gasteiger partial charge is 0.293 e. The first-order valence-electron chi connectivity index (χ1n) is 4.75. The van der Waals surface area contributed by atoms with Gasteiger partial charge in [-0.3, -0.25) is 4.31 Å².